The zero-order valence-electron chi connectivity index (χ0n) is 39.8. The third kappa shape index (κ3) is 6.16. The molecule has 0 saturated heterocycles. The van der Waals surface area contributed by atoms with E-state index in [1.807, 2.05) is 0 Å². The minimum absolute atomic E-state index is 0.0571. The second-order valence-electron chi connectivity index (χ2n) is 22.0. The van der Waals surface area contributed by atoms with Crippen molar-refractivity contribution in [3.63, 3.8) is 0 Å². The highest BCUT2D eigenvalue weighted by atomic mass is 16.3. The van der Waals surface area contributed by atoms with Gasteiger partial charge in [0.2, 0.25) is 0 Å². The summed E-state index contributed by atoms with van der Waals surface area (Å²) in [6.45, 7) is 22.8. The van der Waals surface area contributed by atoms with Gasteiger partial charge in [0.25, 0.3) is 0 Å². The zero-order valence-corrected chi connectivity index (χ0v) is 39.8. The Balaban J connectivity index is 0.963. The van der Waals surface area contributed by atoms with Crippen LogP contribution in [-0.2, 0) is 16.2 Å². The van der Waals surface area contributed by atoms with E-state index in [0.29, 0.717) is 0 Å². The molecule has 1 aliphatic rings. The summed E-state index contributed by atoms with van der Waals surface area (Å²) in [4.78, 5) is 2.39. The molecule has 0 bridgehead atoms. The third-order valence-corrected chi connectivity index (χ3v) is 14.4. The van der Waals surface area contributed by atoms with E-state index in [2.05, 4.69) is 236 Å². The topological polar surface area (TPSA) is 21.3 Å². The van der Waals surface area contributed by atoms with Gasteiger partial charge in [0.15, 0.2) is 5.58 Å². The molecule has 12 rings (SSSR count). The van der Waals surface area contributed by atoms with Crippen molar-refractivity contribution in [2.45, 2.75) is 85.5 Å². The molecule has 66 heavy (non-hydrogen) atoms. The molecule has 0 spiro atoms. The molecular formula is C63H56N2O. The van der Waals surface area contributed by atoms with E-state index in [0.717, 1.165) is 39.0 Å². The standard InChI is InChI=1S/C63H56N2O/c1-37-15-11-12-19-55(37)64(58-20-14-17-47-46-16-13-18-54(63(8,9)10)59(46)66-60(47)58)44-25-21-38-31-48-50(33-40(38)29-44)49-32-39-22-26-45(30-41(39)34-51(48)49)65-56-27-23-42(61(2,3)4)35-52(56)53-36-43(62(5,6)7)24-28-57(53)65/h11-36H,1-10H3. The number of aromatic nitrogens is 1. The SMILES string of the molecule is Cc1ccccc1N(c1ccc2cc3c(cc2c1)-c1cc2ccc(-n4c5ccc(C(C)(C)C)cc5c5cc(C(C)(C)C)ccc54)cc2cc1-3)c1cccc2c1oc1c(C(C)(C)C)cccc12. The summed E-state index contributed by atoms with van der Waals surface area (Å²) in [5, 5.41) is 9.86. The van der Waals surface area contributed by atoms with E-state index in [1.165, 1.54) is 93.5 Å². The first kappa shape index (κ1) is 40.4. The quantitative estimate of drug-likeness (QED) is 0.176. The lowest BCUT2D eigenvalue weighted by atomic mass is 9.78. The molecule has 324 valence electrons. The maximum absolute atomic E-state index is 6.96. The molecular weight excluding hydrogens is 801 g/mol. The molecule has 0 aliphatic heterocycles. The van der Waals surface area contributed by atoms with Gasteiger partial charge in [-0.3, -0.25) is 0 Å². The number of anilines is 3. The van der Waals surface area contributed by atoms with E-state index in [9.17, 15) is 0 Å². The van der Waals surface area contributed by atoms with Crippen LogP contribution in [0.4, 0.5) is 17.1 Å². The van der Waals surface area contributed by atoms with Crippen LogP contribution in [0, 0.1) is 6.92 Å². The number of nitrogens with zero attached hydrogens (tertiary/aromatic N) is 2. The van der Waals surface area contributed by atoms with Gasteiger partial charge in [-0.1, -0.05) is 135 Å². The number of hydrogen-bond donors (Lipinski definition) is 0. The normalized spacial score (nSPS) is 13.0. The Morgan fingerprint density at radius 2 is 0.939 bits per heavy atom. The summed E-state index contributed by atoms with van der Waals surface area (Å²) in [7, 11) is 0. The van der Waals surface area contributed by atoms with E-state index in [4.69, 9.17) is 4.42 Å². The summed E-state index contributed by atoms with van der Waals surface area (Å²) in [5.74, 6) is 0. The molecule has 2 heterocycles. The predicted molar refractivity (Wildman–Crippen MR) is 283 cm³/mol. The average Bonchev–Trinajstić information content (AvgIpc) is 3.83. The van der Waals surface area contributed by atoms with Gasteiger partial charge < -0.3 is 13.9 Å². The maximum atomic E-state index is 6.96. The fourth-order valence-electron chi connectivity index (χ4n) is 10.7. The molecule has 0 saturated carbocycles. The van der Waals surface area contributed by atoms with Crippen molar-refractivity contribution in [1.82, 2.24) is 4.57 Å². The number of fused-ring (bicyclic) bond motifs is 12. The van der Waals surface area contributed by atoms with Crippen LogP contribution >= 0.6 is 0 Å². The van der Waals surface area contributed by atoms with Crippen LogP contribution in [0.25, 0.3) is 93.2 Å². The van der Waals surface area contributed by atoms with Crippen molar-refractivity contribution in [1.29, 1.82) is 0 Å². The number of rotatable bonds is 4. The molecule has 0 amide bonds. The first-order valence-electron chi connectivity index (χ1n) is 23.6. The molecule has 0 unspecified atom stereocenters. The minimum atomic E-state index is -0.0571. The Morgan fingerprint density at radius 1 is 0.409 bits per heavy atom. The highest BCUT2D eigenvalue weighted by Gasteiger charge is 2.28. The summed E-state index contributed by atoms with van der Waals surface area (Å²) < 4.78 is 9.44. The molecule has 0 N–H and O–H groups in total. The molecule has 9 aromatic carbocycles. The number of hydrogen-bond acceptors (Lipinski definition) is 2. The van der Waals surface area contributed by atoms with Gasteiger partial charge >= 0.3 is 0 Å². The highest BCUT2D eigenvalue weighted by Crippen LogP contribution is 2.52. The monoisotopic (exact) mass is 856 g/mol. The van der Waals surface area contributed by atoms with Gasteiger partial charge in [0, 0.05) is 44.2 Å². The largest absolute Gasteiger partial charge is 0.454 e. The van der Waals surface area contributed by atoms with Gasteiger partial charge in [-0.15, -0.1) is 0 Å². The fraction of sp³-hybridized carbons (Fsp3) is 0.206. The van der Waals surface area contributed by atoms with Crippen molar-refractivity contribution in [2.24, 2.45) is 0 Å². The smallest absolute Gasteiger partial charge is 0.159 e. The predicted octanol–water partition coefficient (Wildman–Crippen LogP) is 18.3. The Labute approximate surface area is 387 Å². The lowest BCUT2D eigenvalue weighted by Crippen LogP contribution is -2.11. The van der Waals surface area contributed by atoms with Crippen LogP contribution < -0.4 is 4.90 Å². The van der Waals surface area contributed by atoms with E-state index in [1.54, 1.807) is 0 Å². The molecule has 0 atom stereocenters. The average molecular weight is 857 g/mol. The van der Waals surface area contributed by atoms with Crippen molar-refractivity contribution in [3.05, 3.63) is 180 Å². The zero-order chi connectivity index (χ0) is 45.6. The molecule has 0 radical (unpaired) electrons. The second-order valence-corrected chi connectivity index (χ2v) is 22.0. The van der Waals surface area contributed by atoms with Crippen molar-refractivity contribution in [2.75, 3.05) is 4.90 Å². The second kappa shape index (κ2) is 14.0. The van der Waals surface area contributed by atoms with E-state index in [-0.39, 0.29) is 16.2 Å². The first-order chi connectivity index (χ1) is 31.5. The van der Waals surface area contributed by atoms with Crippen LogP contribution in [-0.4, -0.2) is 4.57 Å². The van der Waals surface area contributed by atoms with Gasteiger partial charge in [0.1, 0.15) is 5.58 Å². The molecule has 3 heteroatoms. The number of aryl methyl sites for hydroxylation is 1. The van der Waals surface area contributed by atoms with Gasteiger partial charge in [-0.05, 0) is 169 Å². The van der Waals surface area contributed by atoms with E-state index < -0.39 is 0 Å². The first-order valence-corrected chi connectivity index (χ1v) is 23.6. The van der Waals surface area contributed by atoms with Crippen LogP contribution in [0.3, 0.4) is 0 Å². The van der Waals surface area contributed by atoms with Gasteiger partial charge in [0.05, 0.1) is 16.7 Å². The summed E-state index contributed by atoms with van der Waals surface area (Å²) in [6, 6.07) is 59.5. The lowest BCUT2D eigenvalue weighted by Gasteiger charge is -2.28. The van der Waals surface area contributed by atoms with Crippen LogP contribution in [0.5, 0.6) is 0 Å². The lowest BCUT2D eigenvalue weighted by molar-refractivity contribution is 0.573. The Kier molecular flexibility index (Phi) is 8.54. The fourth-order valence-corrected chi connectivity index (χ4v) is 10.7. The molecule has 11 aromatic rings. The van der Waals surface area contributed by atoms with E-state index >= 15 is 0 Å². The minimum Gasteiger partial charge on any atom is -0.454 e. The highest BCUT2D eigenvalue weighted by molar-refractivity contribution is 6.15. The Bertz CT molecular complexity index is 3760. The third-order valence-electron chi connectivity index (χ3n) is 14.4. The summed E-state index contributed by atoms with van der Waals surface area (Å²) >= 11 is 0. The molecule has 0 fully saturated rings. The Morgan fingerprint density at radius 3 is 1.53 bits per heavy atom. The summed E-state index contributed by atoms with van der Waals surface area (Å²) in [6.07, 6.45) is 0. The molecule has 1 aliphatic carbocycles. The Hall–Kier alpha value is -7.10. The number of benzene rings is 9. The number of furan rings is 1. The van der Waals surface area contributed by atoms with Crippen LogP contribution in [0.2, 0.25) is 0 Å². The van der Waals surface area contributed by atoms with Crippen molar-refractivity contribution >= 4 is 82.4 Å². The van der Waals surface area contributed by atoms with Crippen molar-refractivity contribution < 1.29 is 4.42 Å². The maximum Gasteiger partial charge on any atom is 0.159 e. The molecule has 3 nitrogen and oxygen atoms in total. The summed E-state index contributed by atoms with van der Waals surface area (Å²) in [5.41, 5.74) is 19.2. The number of para-hydroxylation sites is 3. The van der Waals surface area contributed by atoms with Crippen LogP contribution in [0.1, 0.15) is 84.6 Å². The van der Waals surface area contributed by atoms with Crippen LogP contribution in [0.15, 0.2) is 162 Å². The molecule has 2 aromatic heterocycles. The van der Waals surface area contributed by atoms with Gasteiger partial charge in [-0.2, -0.15) is 0 Å². The van der Waals surface area contributed by atoms with Crippen molar-refractivity contribution in [3.8, 4) is 27.9 Å². The van der Waals surface area contributed by atoms with Gasteiger partial charge in [-0.25, -0.2) is 0 Å².